The quantitative estimate of drug-likeness (QED) is 0.161. The van der Waals surface area contributed by atoms with Crippen molar-refractivity contribution in [3.63, 3.8) is 0 Å². The van der Waals surface area contributed by atoms with Crippen LogP contribution in [0.15, 0.2) is 89.1 Å². The zero-order valence-corrected chi connectivity index (χ0v) is 28.8. The lowest BCUT2D eigenvalue weighted by molar-refractivity contribution is -0.153. The second kappa shape index (κ2) is 13.4. The minimum Gasteiger partial charge on any atom is -0.507 e. The van der Waals surface area contributed by atoms with Crippen molar-refractivity contribution in [2.45, 2.75) is 76.8 Å². The number of fused-ring (bicyclic) bond motifs is 1. The molecule has 1 saturated heterocycles. The third-order valence-electron chi connectivity index (χ3n) is 8.22. The Kier molecular flexibility index (Phi) is 9.68. The maximum Gasteiger partial charge on any atom is 0.356 e. The molecule has 3 aromatic carbocycles. The summed E-state index contributed by atoms with van der Waals surface area (Å²) in [5.41, 5.74) is 3.92. The molecule has 9 heteroatoms. The van der Waals surface area contributed by atoms with E-state index in [1.165, 1.54) is 23.6 Å². The number of nitrogens with zero attached hydrogens (tertiary/aromatic N) is 2. The Balaban J connectivity index is 1.46. The second-order valence-corrected chi connectivity index (χ2v) is 15.0. The molecule has 0 bridgehead atoms. The highest BCUT2D eigenvalue weighted by Crippen LogP contribution is 2.44. The number of thioether (sulfide) groups is 1. The molecule has 2 atom stereocenters. The highest BCUT2D eigenvalue weighted by molar-refractivity contribution is 8.00. The van der Waals surface area contributed by atoms with E-state index < -0.39 is 29.5 Å². The van der Waals surface area contributed by atoms with Gasteiger partial charge in [-0.3, -0.25) is 19.5 Å². The first-order valence-corrected chi connectivity index (χ1v) is 16.7. The highest BCUT2D eigenvalue weighted by Gasteiger charge is 2.54. The summed E-state index contributed by atoms with van der Waals surface area (Å²) in [7, 11) is 0. The zero-order valence-electron chi connectivity index (χ0n) is 27.9. The molecule has 8 nitrogen and oxygen atoms in total. The number of aromatic hydroxyl groups is 1. The largest absolute Gasteiger partial charge is 0.507 e. The molecule has 0 spiro atoms. The van der Waals surface area contributed by atoms with E-state index in [1.807, 2.05) is 114 Å². The maximum atomic E-state index is 14.0. The number of hydrogen-bond acceptors (Lipinski definition) is 8. The second-order valence-electron chi connectivity index (χ2n) is 13.9. The van der Waals surface area contributed by atoms with Crippen LogP contribution in [0.3, 0.4) is 0 Å². The number of benzene rings is 3. The van der Waals surface area contributed by atoms with Crippen molar-refractivity contribution in [3.8, 4) is 5.75 Å². The molecule has 0 saturated carbocycles. The summed E-state index contributed by atoms with van der Waals surface area (Å²) in [4.78, 5) is 45.7. The number of aliphatic imine (C=N–C) groups is 1. The Labute approximate surface area is 280 Å². The highest BCUT2D eigenvalue weighted by atomic mass is 32.2. The Morgan fingerprint density at radius 2 is 1.49 bits per heavy atom. The van der Waals surface area contributed by atoms with Gasteiger partial charge in [0.1, 0.15) is 23.4 Å². The van der Waals surface area contributed by atoms with Gasteiger partial charge in [0, 0.05) is 35.6 Å². The minimum absolute atomic E-state index is 0.0954. The minimum atomic E-state index is -0.720. The first kappa shape index (κ1) is 34.0. The molecule has 0 radical (unpaired) electrons. The van der Waals surface area contributed by atoms with E-state index in [9.17, 15) is 19.5 Å². The average molecular weight is 655 g/mol. The van der Waals surface area contributed by atoms with E-state index in [2.05, 4.69) is 0 Å². The molecule has 2 aliphatic rings. The van der Waals surface area contributed by atoms with Gasteiger partial charge in [0.2, 0.25) is 0 Å². The van der Waals surface area contributed by atoms with Crippen LogP contribution < -0.4 is 0 Å². The topological polar surface area (TPSA) is 106 Å². The fraction of sp³-hybridized carbons (Fsp3) is 0.368. The number of carbonyl (C=O) groups is 3. The number of ether oxygens (including phenoxy) is 2. The van der Waals surface area contributed by atoms with E-state index in [4.69, 9.17) is 14.5 Å². The van der Waals surface area contributed by atoms with Crippen LogP contribution in [-0.4, -0.2) is 57.8 Å². The van der Waals surface area contributed by atoms with Gasteiger partial charge < -0.3 is 14.6 Å². The van der Waals surface area contributed by atoms with Gasteiger partial charge in [-0.15, -0.1) is 11.8 Å². The van der Waals surface area contributed by atoms with Crippen LogP contribution >= 0.6 is 11.8 Å². The fourth-order valence-electron chi connectivity index (χ4n) is 5.74. The first-order valence-electron chi connectivity index (χ1n) is 15.7. The van der Waals surface area contributed by atoms with Gasteiger partial charge in [0.15, 0.2) is 12.1 Å². The smallest absolute Gasteiger partial charge is 0.356 e. The normalized spacial score (nSPS) is 18.3. The molecule has 0 aliphatic carbocycles. The lowest BCUT2D eigenvalue weighted by atomic mass is 9.78. The fourth-order valence-corrected chi connectivity index (χ4v) is 7.06. The summed E-state index contributed by atoms with van der Waals surface area (Å²) in [6.45, 7) is 13.4. The van der Waals surface area contributed by atoms with Crippen molar-refractivity contribution in [2.24, 2.45) is 4.99 Å². The number of esters is 2. The van der Waals surface area contributed by atoms with E-state index in [0.29, 0.717) is 11.3 Å². The lowest BCUT2D eigenvalue weighted by Crippen LogP contribution is -2.64. The van der Waals surface area contributed by atoms with Crippen LogP contribution in [0, 0.1) is 0 Å². The van der Waals surface area contributed by atoms with Crippen LogP contribution in [0.25, 0.3) is 0 Å². The summed E-state index contributed by atoms with van der Waals surface area (Å²) in [6, 6.07) is 21.9. The molecule has 3 aromatic rings. The molecule has 0 aromatic heterocycles. The molecule has 2 heterocycles. The monoisotopic (exact) mass is 654 g/mol. The SMILES string of the molecule is CC(=O)OCC1=C(C(=O)OC(c2ccccc2)c2ccccc2)N2C(=O)[C@@H](N=Cc3cc(C(C)(C)C)c(O)c(C(C)(C)C)c3)[C@H]2SC1. The van der Waals surface area contributed by atoms with Crippen molar-refractivity contribution >= 4 is 35.8 Å². The number of phenolic OH excluding ortho intramolecular Hbond substituents is 1. The van der Waals surface area contributed by atoms with Gasteiger partial charge in [-0.2, -0.15) is 0 Å². The summed E-state index contributed by atoms with van der Waals surface area (Å²) in [5, 5.41) is 10.7. The Bertz CT molecular complexity index is 1650. The Morgan fingerprint density at radius 3 is 1.98 bits per heavy atom. The molecule has 0 unspecified atom stereocenters. The Morgan fingerprint density at radius 1 is 0.957 bits per heavy atom. The molecule has 246 valence electrons. The van der Waals surface area contributed by atoms with Gasteiger partial charge in [-0.05, 0) is 39.7 Å². The number of carbonyl (C=O) groups excluding carboxylic acids is 3. The van der Waals surface area contributed by atoms with Crippen LogP contribution in [0.1, 0.15) is 82.4 Å². The molecular weight excluding hydrogens is 612 g/mol. The molecule has 1 fully saturated rings. The molecule has 1 amide bonds. The van der Waals surface area contributed by atoms with E-state index >= 15 is 0 Å². The summed E-state index contributed by atoms with van der Waals surface area (Å²) in [6.07, 6.45) is 0.968. The molecule has 47 heavy (non-hydrogen) atoms. The molecule has 5 rings (SSSR count). The number of rotatable bonds is 8. The van der Waals surface area contributed by atoms with Crippen LogP contribution in [0.2, 0.25) is 0 Å². The standard InChI is InChI=1S/C38H42N2O6S/c1-23(41)45-21-27-22-47-35-30(39-20-24-18-28(37(2,3)4)32(42)29(19-24)38(5,6)7)34(43)40(35)31(27)36(44)46-33(25-14-10-8-11-15-25)26-16-12-9-13-17-26/h8-20,30,33,35,42H,21-22H2,1-7H3/t30-,35-/m1/s1. The third-order valence-corrected chi connectivity index (χ3v) is 9.55. The number of amides is 1. The summed E-state index contributed by atoms with van der Waals surface area (Å²) >= 11 is 1.46. The van der Waals surface area contributed by atoms with E-state index in [-0.39, 0.29) is 34.8 Å². The van der Waals surface area contributed by atoms with E-state index in [0.717, 1.165) is 27.8 Å². The predicted octanol–water partition coefficient (Wildman–Crippen LogP) is 6.84. The summed E-state index contributed by atoms with van der Waals surface area (Å²) in [5.74, 6) is -0.865. The number of β-lactam (4-membered cyclic amide) rings is 1. The third kappa shape index (κ3) is 7.30. The molecular formula is C38H42N2O6S. The van der Waals surface area contributed by atoms with Crippen LogP contribution in [0.4, 0.5) is 0 Å². The van der Waals surface area contributed by atoms with Gasteiger partial charge in [-0.25, -0.2) is 4.79 Å². The molecule has 2 aliphatic heterocycles. The van der Waals surface area contributed by atoms with Crippen molar-refractivity contribution in [2.75, 3.05) is 12.4 Å². The van der Waals surface area contributed by atoms with Crippen molar-refractivity contribution in [1.29, 1.82) is 0 Å². The lowest BCUT2D eigenvalue weighted by Gasteiger charge is -2.48. The number of hydrogen-bond donors (Lipinski definition) is 1. The van der Waals surface area contributed by atoms with Gasteiger partial charge in [0.05, 0.1) is 0 Å². The average Bonchev–Trinajstić information content (AvgIpc) is 3.02. The molecule has 1 N–H and O–H groups in total. The zero-order chi connectivity index (χ0) is 34.1. The predicted molar refractivity (Wildman–Crippen MR) is 184 cm³/mol. The van der Waals surface area contributed by atoms with Gasteiger partial charge in [0.25, 0.3) is 5.91 Å². The maximum absolute atomic E-state index is 14.0. The van der Waals surface area contributed by atoms with Crippen LogP contribution in [-0.2, 0) is 34.7 Å². The van der Waals surface area contributed by atoms with Gasteiger partial charge >= 0.3 is 11.9 Å². The van der Waals surface area contributed by atoms with Crippen molar-refractivity contribution in [3.05, 3.63) is 112 Å². The Hall–Kier alpha value is -4.37. The number of phenols is 1. The van der Waals surface area contributed by atoms with E-state index in [1.54, 1.807) is 6.21 Å². The van der Waals surface area contributed by atoms with Crippen molar-refractivity contribution < 1.29 is 29.0 Å². The van der Waals surface area contributed by atoms with Crippen LogP contribution in [0.5, 0.6) is 5.75 Å². The van der Waals surface area contributed by atoms with Crippen molar-refractivity contribution in [1.82, 2.24) is 4.90 Å². The summed E-state index contributed by atoms with van der Waals surface area (Å²) < 4.78 is 11.5. The first-order chi connectivity index (χ1) is 22.2. The van der Waals surface area contributed by atoms with Gasteiger partial charge in [-0.1, -0.05) is 102 Å².